The van der Waals surface area contributed by atoms with Crippen molar-refractivity contribution in [3.63, 3.8) is 0 Å². The third-order valence-corrected chi connectivity index (χ3v) is 8.31. The molecule has 11 heteroatoms. The van der Waals surface area contributed by atoms with Gasteiger partial charge in [0.15, 0.2) is 0 Å². The number of aliphatic hydroxyl groups is 1. The molecule has 1 N–H and O–H groups in total. The Labute approximate surface area is 220 Å². The number of rotatable bonds is 5. The van der Waals surface area contributed by atoms with E-state index in [0.29, 0.717) is 11.1 Å². The molecule has 38 heavy (non-hydrogen) atoms. The summed E-state index contributed by atoms with van der Waals surface area (Å²) in [4.78, 5) is 14.1. The average Bonchev–Trinajstić information content (AvgIpc) is 3.43. The number of halogens is 1. The molecule has 0 unspecified atom stereocenters. The minimum atomic E-state index is -4.03. The lowest BCUT2D eigenvalue weighted by Gasteiger charge is -2.37. The Hall–Kier alpha value is -3.72. The molecular formula is C27H28FN3O6S. The topological polar surface area (TPSA) is 113 Å². The third kappa shape index (κ3) is 5.88. The fraction of sp³-hybridized carbons (Fsp3) is 0.333. The van der Waals surface area contributed by atoms with Gasteiger partial charge in [0.2, 0.25) is 15.8 Å². The summed E-state index contributed by atoms with van der Waals surface area (Å²) in [5.74, 6) is 4.76. The van der Waals surface area contributed by atoms with Gasteiger partial charge in [-0.05, 0) is 43.3 Å². The lowest BCUT2D eigenvalue weighted by Crippen LogP contribution is -2.50. The van der Waals surface area contributed by atoms with E-state index in [-0.39, 0.29) is 42.0 Å². The van der Waals surface area contributed by atoms with Crippen LogP contribution in [0.5, 0.6) is 5.75 Å². The summed E-state index contributed by atoms with van der Waals surface area (Å²) < 4.78 is 53.3. The number of amides is 1. The zero-order chi connectivity index (χ0) is 27.4. The van der Waals surface area contributed by atoms with Gasteiger partial charge < -0.3 is 19.3 Å². The fourth-order valence-corrected chi connectivity index (χ4v) is 5.92. The van der Waals surface area contributed by atoms with Crippen molar-refractivity contribution in [1.29, 1.82) is 0 Å². The highest BCUT2D eigenvalue weighted by molar-refractivity contribution is 7.89. The molecule has 2 heterocycles. The highest BCUT2D eigenvalue weighted by atomic mass is 32.2. The predicted molar refractivity (Wildman–Crippen MR) is 136 cm³/mol. The van der Waals surface area contributed by atoms with Gasteiger partial charge in [0.1, 0.15) is 22.6 Å². The molecule has 3 aromatic rings. The van der Waals surface area contributed by atoms with Crippen molar-refractivity contribution in [3.8, 4) is 17.6 Å². The maximum Gasteiger partial charge on any atom is 0.292 e. The van der Waals surface area contributed by atoms with Crippen molar-refractivity contribution in [1.82, 2.24) is 14.4 Å². The second-order valence-corrected chi connectivity index (χ2v) is 11.1. The van der Waals surface area contributed by atoms with Crippen LogP contribution in [0.15, 0.2) is 64.1 Å². The quantitative estimate of drug-likeness (QED) is 0.494. The van der Waals surface area contributed by atoms with Crippen LogP contribution in [-0.2, 0) is 10.0 Å². The highest BCUT2D eigenvalue weighted by Crippen LogP contribution is 2.34. The molecule has 0 saturated carbocycles. The van der Waals surface area contributed by atoms with Gasteiger partial charge >= 0.3 is 0 Å². The van der Waals surface area contributed by atoms with Crippen molar-refractivity contribution in [2.75, 3.05) is 26.7 Å². The molecule has 2 aromatic carbocycles. The standard InChI is InChI=1S/C27H28FN3O6S/c1-18-15-31(19(2)17-32)38(34,35)26-10-9-21(8-7-20-5-4-6-22(28)13-20)14-24(26)36-25(18)16-30(3)27(33)23-11-12-29-37-23/h4-6,9-14,18-19,25,32H,15-17H2,1-3H3/t18-,19+,25+/m1/s1. The zero-order valence-electron chi connectivity index (χ0n) is 21.2. The van der Waals surface area contributed by atoms with Gasteiger partial charge in [-0.3, -0.25) is 4.79 Å². The number of benzene rings is 2. The Balaban J connectivity index is 1.73. The first-order valence-corrected chi connectivity index (χ1v) is 13.4. The van der Waals surface area contributed by atoms with Crippen LogP contribution in [0.1, 0.15) is 35.5 Å². The molecule has 1 aliphatic rings. The minimum absolute atomic E-state index is 0.0689. The van der Waals surface area contributed by atoms with Crippen molar-refractivity contribution in [2.24, 2.45) is 5.92 Å². The first-order chi connectivity index (χ1) is 18.1. The lowest BCUT2D eigenvalue weighted by molar-refractivity contribution is 0.0535. The molecule has 0 bridgehead atoms. The Morgan fingerprint density at radius 2 is 1.97 bits per heavy atom. The monoisotopic (exact) mass is 541 g/mol. The van der Waals surface area contributed by atoms with Crippen LogP contribution >= 0.6 is 0 Å². The second-order valence-electron chi connectivity index (χ2n) is 9.22. The number of nitrogens with zero attached hydrogens (tertiary/aromatic N) is 3. The van der Waals surface area contributed by atoms with Gasteiger partial charge in [-0.1, -0.05) is 30.0 Å². The zero-order valence-corrected chi connectivity index (χ0v) is 22.0. The van der Waals surface area contributed by atoms with Gasteiger partial charge in [-0.2, -0.15) is 4.31 Å². The molecule has 0 saturated heterocycles. The minimum Gasteiger partial charge on any atom is -0.487 e. The van der Waals surface area contributed by atoms with Gasteiger partial charge in [0.05, 0.1) is 19.3 Å². The van der Waals surface area contributed by atoms with E-state index in [9.17, 15) is 22.7 Å². The predicted octanol–water partition coefficient (Wildman–Crippen LogP) is 2.75. The smallest absolute Gasteiger partial charge is 0.292 e. The SMILES string of the molecule is C[C@@H]1CN([C@@H](C)CO)S(=O)(=O)c2ccc(C#Cc3cccc(F)c3)cc2O[C@H]1CN(C)C(=O)c1ccno1. The van der Waals surface area contributed by atoms with E-state index in [1.54, 1.807) is 32.2 Å². The summed E-state index contributed by atoms with van der Waals surface area (Å²) in [6.07, 6.45) is 0.762. The number of ether oxygens (including phenoxy) is 1. The van der Waals surface area contributed by atoms with Crippen LogP contribution in [0, 0.1) is 23.6 Å². The molecule has 9 nitrogen and oxygen atoms in total. The summed E-state index contributed by atoms with van der Waals surface area (Å²) in [5, 5.41) is 13.4. The summed E-state index contributed by atoms with van der Waals surface area (Å²) in [5.41, 5.74) is 0.926. The Bertz CT molecular complexity index is 1470. The molecule has 0 radical (unpaired) electrons. The molecule has 1 amide bonds. The van der Waals surface area contributed by atoms with Crippen LogP contribution in [0.4, 0.5) is 4.39 Å². The fourth-order valence-electron chi connectivity index (χ4n) is 4.10. The molecular weight excluding hydrogens is 513 g/mol. The van der Waals surface area contributed by atoms with Crippen LogP contribution in [-0.4, -0.2) is 72.7 Å². The molecule has 1 aromatic heterocycles. The van der Waals surface area contributed by atoms with Crippen LogP contribution < -0.4 is 4.74 Å². The van der Waals surface area contributed by atoms with E-state index in [0.717, 1.165) is 0 Å². The first kappa shape index (κ1) is 27.3. The third-order valence-electron chi connectivity index (χ3n) is 6.29. The van der Waals surface area contributed by atoms with E-state index in [1.165, 1.54) is 45.7 Å². The molecule has 200 valence electrons. The highest BCUT2D eigenvalue weighted by Gasteiger charge is 2.38. The molecule has 0 aliphatic carbocycles. The van der Waals surface area contributed by atoms with E-state index in [4.69, 9.17) is 9.26 Å². The van der Waals surface area contributed by atoms with Gasteiger partial charge in [0, 0.05) is 42.7 Å². The number of sulfonamides is 1. The first-order valence-electron chi connectivity index (χ1n) is 12.0. The summed E-state index contributed by atoms with van der Waals surface area (Å²) >= 11 is 0. The van der Waals surface area contributed by atoms with Gasteiger partial charge in [0.25, 0.3) is 5.91 Å². The van der Waals surface area contributed by atoms with Crippen LogP contribution in [0.25, 0.3) is 0 Å². The van der Waals surface area contributed by atoms with E-state index in [2.05, 4.69) is 17.0 Å². The normalized spacial score (nSPS) is 19.6. The number of carbonyl (C=O) groups excluding carboxylic acids is 1. The number of likely N-dealkylation sites (N-methyl/N-ethyl adjacent to an activating group) is 1. The Morgan fingerprint density at radius 3 is 2.63 bits per heavy atom. The largest absolute Gasteiger partial charge is 0.487 e. The van der Waals surface area contributed by atoms with Crippen molar-refractivity contribution in [3.05, 3.63) is 77.4 Å². The molecule has 0 fully saturated rings. The maximum atomic E-state index is 13.6. The molecule has 0 spiro atoms. The average molecular weight is 542 g/mol. The number of carbonyl (C=O) groups is 1. The summed E-state index contributed by atoms with van der Waals surface area (Å²) in [6.45, 7) is 3.27. The number of hydrogen-bond donors (Lipinski definition) is 1. The number of aromatic nitrogens is 1. The summed E-state index contributed by atoms with van der Waals surface area (Å²) in [6, 6.07) is 11.1. The molecule has 4 rings (SSSR count). The van der Waals surface area contributed by atoms with Crippen molar-refractivity contribution >= 4 is 15.9 Å². The van der Waals surface area contributed by atoms with Crippen molar-refractivity contribution in [2.45, 2.75) is 30.9 Å². The van der Waals surface area contributed by atoms with Gasteiger partial charge in [-0.25, -0.2) is 12.8 Å². The number of aliphatic hydroxyl groups excluding tert-OH is 1. The maximum absolute atomic E-state index is 13.6. The number of fused-ring (bicyclic) bond motifs is 1. The van der Waals surface area contributed by atoms with Crippen LogP contribution in [0.2, 0.25) is 0 Å². The molecule has 3 atom stereocenters. The Kier molecular flexibility index (Phi) is 8.16. The number of hydrogen-bond acceptors (Lipinski definition) is 7. The molecule has 1 aliphatic heterocycles. The second kappa shape index (κ2) is 11.3. The Morgan fingerprint density at radius 1 is 1.24 bits per heavy atom. The lowest BCUT2D eigenvalue weighted by atomic mass is 10.0. The van der Waals surface area contributed by atoms with E-state index < -0.39 is 33.9 Å². The van der Waals surface area contributed by atoms with Crippen LogP contribution in [0.3, 0.4) is 0 Å². The van der Waals surface area contributed by atoms with E-state index in [1.807, 2.05) is 6.92 Å². The van der Waals surface area contributed by atoms with Crippen molar-refractivity contribution < 1.29 is 32.0 Å². The van der Waals surface area contributed by atoms with Gasteiger partial charge in [-0.15, -0.1) is 0 Å². The summed E-state index contributed by atoms with van der Waals surface area (Å²) in [7, 11) is -2.44. The van der Waals surface area contributed by atoms with E-state index >= 15 is 0 Å².